The van der Waals surface area contributed by atoms with Gasteiger partial charge in [0.1, 0.15) is 0 Å². The van der Waals surface area contributed by atoms with Crippen LogP contribution in [0.25, 0.3) is 21.2 Å². The lowest BCUT2D eigenvalue weighted by Gasteiger charge is -2.08. The molecule has 34 heavy (non-hydrogen) atoms. The fourth-order valence-electron chi connectivity index (χ4n) is 3.89. The number of hydrogen-bond acceptors (Lipinski definition) is 3. The summed E-state index contributed by atoms with van der Waals surface area (Å²) in [5.74, 6) is -0.239. The standard InChI is InChI=1S/C27H21F3N2OS/c1-17-22-10-4-11-23(19-7-3-8-20(16-19)26(33)32-13-5-12-31)25(22)34-24(17)15-18-6-2-9-21(14-18)27(28,29)30/h2-4,6-11,14,16H,5,13,15H2,1H3,(H,32,33). The van der Waals surface area contributed by atoms with Gasteiger partial charge in [-0.25, -0.2) is 0 Å². The molecule has 0 fully saturated rings. The second-order valence-electron chi connectivity index (χ2n) is 7.95. The normalized spacial score (nSPS) is 11.4. The van der Waals surface area contributed by atoms with Gasteiger partial charge in [0.2, 0.25) is 0 Å². The second kappa shape index (κ2) is 9.70. The van der Waals surface area contributed by atoms with E-state index in [-0.39, 0.29) is 18.9 Å². The highest BCUT2D eigenvalue weighted by atomic mass is 32.1. The lowest BCUT2D eigenvalue weighted by atomic mass is 9.99. The largest absolute Gasteiger partial charge is 0.416 e. The number of benzene rings is 3. The number of amides is 1. The molecule has 0 aliphatic rings. The van der Waals surface area contributed by atoms with E-state index in [4.69, 9.17) is 5.26 Å². The van der Waals surface area contributed by atoms with Gasteiger partial charge in [-0.15, -0.1) is 11.3 Å². The van der Waals surface area contributed by atoms with Gasteiger partial charge in [0.25, 0.3) is 5.91 Å². The molecule has 3 aromatic carbocycles. The summed E-state index contributed by atoms with van der Waals surface area (Å²) < 4.78 is 40.4. The third-order valence-corrected chi connectivity index (χ3v) is 6.98. The number of rotatable bonds is 6. The number of hydrogen-bond donors (Lipinski definition) is 1. The van der Waals surface area contributed by atoms with Crippen LogP contribution in [0.3, 0.4) is 0 Å². The number of nitrogens with one attached hydrogen (secondary N) is 1. The Kier molecular flexibility index (Phi) is 6.71. The fourth-order valence-corrected chi connectivity index (χ4v) is 5.27. The Hall–Kier alpha value is -3.63. The summed E-state index contributed by atoms with van der Waals surface area (Å²) in [6.45, 7) is 2.28. The van der Waals surface area contributed by atoms with Gasteiger partial charge in [-0.3, -0.25) is 4.79 Å². The SMILES string of the molecule is Cc1c(Cc2cccc(C(F)(F)F)c2)sc2c(-c3cccc(C(=O)NCCC#N)c3)cccc12. The molecule has 4 rings (SSSR count). The van der Waals surface area contributed by atoms with Gasteiger partial charge in [-0.05, 0) is 52.8 Å². The molecule has 1 N–H and O–H groups in total. The first-order valence-electron chi connectivity index (χ1n) is 10.7. The van der Waals surface area contributed by atoms with Crippen molar-refractivity contribution < 1.29 is 18.0 Å². The summed E-state index contributed by atoms with van der Waals surface area (Å²) in [4.78, 5) is 13.4. The molecule has 0 radical (unpaired) electrons. The Morgan fingerprint density at radius 1 is 1.06 bits per heavy atom. The van der Waals surface area contributed by atoms with E-state index < -0.39 is 11.7 Å². The Morgan fingerprint density at radius 2 is 1.82 bits per heavy atom. The summed E-state index contributed by atoms with van der Waals surface area (Å²) in [6, 6.07) is 20.7. The number of aryl methyl sites for hydroxylation is 1. The summed E-state index contributed by atoms with van der Waals surface area (Å²) >= 11 is 1.57. The van der Waals surface area contributed by atoms with E-state index in [9.17, 15) is 18.0 Å². The maximum atomic E-state index is 13.1. The maximum Gasteiger partial charge on any atom is 0.416 e. The first kappa shape index (κ1) is 23.5. The highest BCUT2D eigenvalue weighted by Crippen LogP contribution is 2.39. The first-order valence-corrected chi connectivity index (χ1v) is 11.5. The van der Waals surface area contributed by atoms with Crippen molar-refractivity contribution in [1.29, 1.82) is 5.26 Å². The molecule has 1 amide bonds. The third kappa shape index (κ3) is 4.97. The summed E-state index contributed by atoms with van der Waals surface area (Å²) in [5, 5.41) is 12.4. The highest BCUT2D eigenvalue weighted by Gasteiger charge is 2.30. The van der Waals surface area contributed by atoms with Gasteiger partial charge in [-0.2, -0.15) is 18.4 Å². The lowest BCUT2D eigenvalue weighted by molar-refractivity contribution is -0.137. The number of carbonyl (C=O) groups is 1. The number of thiophene rings is 1. The molecule has 1 heterocycles. The summed E-state index contributed by atoms with van der Waals surface area (Å²) in [5.41, 5.74) is 3.36. The number of carbonyl (C=O) groups excluding carboxylic acids is 1. The van der Waals surface area contributed by atoms with Crippen LogP contribution in [0.4, 0.5) is 13.2 Å². The minimum absolute atomic E-state index is 0.239. The Bertz CT molecular complexity index is 1400. The molecular formula is C27H21F3N2OS. The van der Waals surface area contributed by atoms with Crippen molar-refractivity contribution in [3.8, 4) is 17.2 Å². The molecule has 0 spiro atoms. The molecule has 0 saturated heterocycles. The number of halogens is 3. The van der Waals surface area contributed by atoms with Gasteiger partial charge < -0.3 is 5.32 Å². The van der Waals surface area contributed by atoms with Gasteiger partial charge >= 0.3 is 6.18 Å². The molecular weight excluding hydrogens is 457 g/mol. The van der Waals surface area contributed by atoms with Crippen molar-refractivity contribution in [2.75, 3.05) is 6.54 Å². The molecule has 0 saturated carbocycles. The zero-order valence-electron chi connectivity index (χ0n) is 18.4. The zero-order valence-corrected chi connectivity index (χ0v) is 19.2. The van der Waals surface area contributed by atoms with E-state index in [0.717, 1.165) is 37.7 Å². The van der Waals surface area contributed by atoms with Crippen LogP contribution in [0.2, 0.25) is 0 Å². The molecule has 0 unspecified atom stereocenters. The van der Waals surface area contributed by atoms with Gasteiger partial charge in [-0.1, -0.05) is 48.5 Å². The number of alkyl halides is 3. The average Bonchev–Trinajstić information content (AvgIpc) is 3.14. The Balaban J connectivity index is 1.68. The second-order valence-corrected chi connectivity index (χ2v) is 9.06. The minimum Gasteiger partial charge on any atom is -0.351 e. The first-order chi connectivity index (χ1) is 16.3. The van der Waals surface area contributed by atoms with Crippen molar-refractivity contribution in [1.82, 2.24) is 5.32 Å². The summed E-state index contributed by atoms with van der Waals surface area (Å²) in [6.07, 6.45) is -3.71. The van der Waals surface area contributed by atoms with Crippen LogP contribution in [0.5, 0.6) is 0 Å². The van der Waals surface area contributed by atoms with Crippen molar-refractivity contribution in [2.45, 2.75) is 25.9 Å². The van der Waals surface area contributed by atoms with E-state index in [2.05, 4.69) is 5.32 Å². The van der Waals surface area contributed by atoms with E-state index in [1.54, 1.807) is 23.5 Å². The van der Waals surface area contributed by atoms with Crippen molar-refractivity contribution >= 4 is 27.3 Å². The monoisotopic (exact) mass is 478 g/mol. The van der Waals surface area contributed by atoms with Crippen LogP contribution in [0.1, 0.15) is 38.3 Å². The minimum atomic E-state index is -4.37. The van der Waals surface area contributed by atoms with Crippen LogP contribution < -0.4 is 5.32 Å². The van der Waals surface area contributed by atoms with Crippen LogP contribution in [0.15, 0.2) is 66.7 Å². The topological polar surface area (TPSA) is 52.9 Å². The third-order valence-electron chi connectivity index (χ3n) is 5.64. The molecule has 7 heteroatoms. The summed E-state index contributed by atoms with van der Waals surface area (Å²) in [7, 11) is 0. The van der Waals surface area contributed by atoms with Crippen molar-refractivity contribution in [3.05, 3.63) is 93.9 Å². The zero-order chi connectivity index (χ0) is 24.3. The van der Waals surface area contributed by atoms with Crippen LogP contribution in [-0.4, -0.2) is 12.5 Å². The van der Waals surface area contributed by atoms with Crippen molar-refractivity contribution in [3.63, 3.8) is 0 Å². The Morgan fingerprint density at radius 3 is 2.59 bits per heavy atom. The average molecular weight is 479 g/mol. The molecule has 0 atom stereocenters. The predicted octanol–water partition coefficient (Wildman–Crippen LogP) is 7.13. The molecule has 3 nitrogen and oxygen atoms in total. The molecule has 4 aromatic rings. The van der Waals surface area contributed by atoms with E-state index in [0.29, 0.717) is 17.5 Å². The van der Waals surface area contributed by atoms with Crippen LogP contribution in [-0.2, 0) is 12.6 Å². The molecule has 172 valence electrons. The van der Waals surface area contributed by atoms with E-state index >= 15 is 0 Å². The Labute approximate surface area is 199 Å². The van der Waals surface area contributed by atoms with Crippen LogP contribution >= 0.6 is 11.3 Å². The van der Waals surface area contributed by atoms with Crippen molar-refractivity contribution in [2.24, 2.45) is 0 Å². The van der Waals surface area contributed by atoms with E-state index in [1.165, 1.54) is 12.1 Å². The lowest BCUT2D eigenvalue weighted by Crippen LogP contribution is -2.24. The maximum absolute atomic E-state index is 13.1. The molecule has 1 aromatic heterocycles. The number of fused-ring (bicyclic) bond motifs is 1. The van der Waals surface area contributed by atoms with Gasteiger partial charge in [0.15, 0.2) is 0 Å². The number of nitrogens with zero attached hydrogens (tertiary/aromatic N) is 1. The highest BCUT2D eigenvalue weighted by molar-refractivity contribution is 7.19. The van der Waals surface area contributed by atoms with Gasteiger partial charge in [0, 0.05) is 28.1 Å². The fraction of sp³-hybridized carbons (Fsp3) is 0.185. The number of nitriles is 1. The quantitative estimate of drug-likeness (QED) is 0.300. The molecule has 0 aliphatic carbocycles. The molecule has 0 bridgehead atoms. The smallest absolute Gasteiger partial charge is 0.351 e. The predicted molar refractivity (Wildman–Crippen MR) is 129 cm³/mol. The van der Waals surface area contributed by atoms with Crippen LogP contribution in [0, 0.1) is 18.3 Å². The van der Waals surface area contributed by atoms with E-state index in [1.807, 2.05) is 49.4 Å². The van der Waals surface area contributed by atoms with Gasteiger partial charge in [0.05, 0.1) is 18.1 Å². The molecule has 0 aliphatic heterocycles.